The number of hydrogen-bond donors (Lipinski definition) is 0. The Morgan fingerprint density at radius 2 is 1.38 bits per heavy atom. The summed E-state index contributed by atoms with van der Waals surface area (Å²) in [6.07, 6.45) is 0. The molecule has 2 rings (SSSR count). The Labute approximate surface area is 101 Å². The summed E-state index contributed by atoms with van der Waals surface area (Å²) in [4.78, 5) is 0. The standard InChI is InChI=1S/C14H15ClN/c1-16(2,12-8-4-3-5-9-12)14-11-7-6-10-13(14)15/h3-11H,1-2H3/q+1. The number of nitrogens with zero attached hydrogens (tertiary/aromatic N) is 1. The normalized spacial score (nSPS) is 11.4. The molecule has 0 fully saturated rings. The van der Waals surface area contributed by atoms with Crippen molar-refractivity contribution in [2.45, 2.75) is 0 Å². The number of halogens is 1. The molecule has 0 unspecified atom stereocenters. The highest BCUT2D eigenvalue weighted by molar-refractivity contribution is 6.33. The molecule has 16 heavy (non-hydrogen) atoms. The van der Waals surface area contributed by atoms with Crippen LogP contribution in [0.1, 0.15) is 0 Å². The number of quaternary nitrogens is 1. The Morgan fingerprint density at radius 1 is 0.812 bits per heavy atom. The van der Waals surface area contributed by atoms with E-state index in [0.717, 1.165) is 10.7 Å². The summed E-state index contributed by atoms with van der Waals surface area (Å²) in [6, 6.07) is 18.3. The molecule has 0 aromatic heterocycles. The van der Waals surface area contributed by atoms with Crippen LogP contribution in [0.2, 0.25) is 5.02 Å². The van der Waals surface area contributed by atoms with Crippen molar-refractivity contribution in [3.63, 3.8) is 0 Å². The molecule has 0 saturated heterocycles. The predicted molar refractivity (Wildman–Crippen MR) is 71.2 cm³/mol. The van der Waals surface area contributed by atoms with E-state index in [1.54, 1.807) is 0 Å². The molecular formula is C14H15ClN+. The summed E-state index contributed by atoms with van der Waals surface area (Å²) in [7, 11) is 4.27. The molecule has 1 nitrogen and oxygen atoms in total. The summed E-state index contributed by atoms with van der Waals surface area (Å²) in [5, 5.41) is 0.802. The summed E-state index contributed by atoms with van der Waals surface area (Å²) >= 11 is 6.24. The average Bonchev–Trinajstić information content (AvgIpc) is 2.30. The van der Waals surface area contributed by atoms with Gasteiger partial charge in [0, 0.05) is 6.07 Å². The van der Waals surface area contributed by atoms with Crippen molar-refractivity contribution in [2.75, 3.05) is 14.1 Å². The minimum atomic E-state index is 0.653. The summed E-state index contributed by atoms with van der Waals surface area (Å²) in [5.41, 5.74) is 2.32. The fourth-order valence-corrected chi connectivity index (χ4v) is 2.19. The first-order chi connectivity index (χ1) is 7.62. The molecule has 0 amide bonds. The van der Waals surface area contributed by atoms with E-state index in [9.17, 15) is 0 Å². The highest BCUT2D eigenvalue weighted by Crippen LogP contribution is 2.35. The molecule has 0 bridgehead atoms. The number of para-hydroxylation sites is 2. The molecule has 0 N–H and O–H groups in total. The lowest BCUT2D eigenvalue weighted by atomic mass is 10.2. The van der Waals surface area contributed by atoms with Gasteiger partial charge in [0.1, 0.15) is 10.7 Å². The van der Waals surface area contributed by atoms with Crippen LogP contribution in [0.5, 0.6) is 0 Å². The molecule has 2 aromatic carbocycles. The van der Waals surface area contributed by atoms with Crippen molar-refractivity contribution < 1.29 is 0 Å². The zero-order chi connectivity index (χ0) is 11.6. The molecule has 0 heterocycles. The minimum Gasteiger partial charge on any atom is -0.262 e. The molecule has 82 valence electrons. The van der Waals surface area contributed by atoms with Crippen molar-refractivity contribution in [2.24, 2.45) is 0 Å². The zero-order valence-electron chi connectivity index (χ0n) is 9.52. The van der Waals surface area contributed by atoms with Crippen LogP contribution in [-0.4, -0.2) is 14.1 Å². The van der Waals surface area contributed by atoms with Gasteiger partial charge in [-0.05, 0) is 18.2 Å². The molecular weight excluding hydrogens is 218 g/mol. The minimum absolute atomic E-state index is 0.653. The van der Waals surface area contributed by atoms with Crippen LogP contribution in [0, 0.1) is 0 Å². The molecule has 0 radical (unpaired) electrons. The molecule has 2 aromatic rings. The summed E-state index contributed by atoms with van der Waals surface area (Å²) < 4.78 is 0.653. The Hall–Kier alpha value is -1.31. The first-order valence-electron chi connectivity index (χ1n) is 5.27. The monoisotopic (exact) mass is 232 g/mol. The largest absolute Gasteiger partial charge is 0.262 e. The number of rotatable bonds is 2. The van der Waals surface area contributed by atoms with E-state index in [1.807, 2.05) is 36.4 Å². The van der Waals surface area contributed by atoms with Gasteiger partial charge in [0.15, 0.2) is 5.69 Å². The van der Waals surface area contributed by atoms with Crippen LogP contribution in [0.3, 0.4) is 0 Å². The Bertz CT molecular complexity index is 477. The smallest absolute Gasteiger partial charge is 0.156 e. The highest BCUT2D eigenvalue weighted by Gasteiger charge is 2.24. The predicted octanol–water partition coefficient (Wildman–Crippen LogP) is 4.24. The van der Waals surface area contributed by atoms with Gasteiger partial charge in [0.25, 0.3) is 0 Å². The van der Waals surface area contributed by atoms with Gasteiger partial charge in [0.05, 0.1) is 14.1 Å². The van der Waals surface area contributed by atoms with Crippen LogP contribution >= 0.6 is 11.6 Å². The lowest BCUT2D eigenvalue weighted by Gasteiger charge is -2.29. The van der Waals surface area contributed by atoms with E-state index < -0.39 is 0 Å². The molecule has 0 aliphatic rings. The molecule has 0 saturated carbocycles. The van der Waals surface area contributed by atoms with E-state index in [2.05, 4.69) is 32.3 Å². The van der Waals surface area contributed by atoms with Gasteiger partial charge in [-0.25, -0.2) is 0 Å². The van der Waals surface area contributed by atoms with Crippen molar-refractivity contribution in [3.05, 3.63) is 59.6 Å². The first-order valence-corrected chi connectivity index (χ1v) is 5.65. The van der Waals surface area contributed by atoms with Crippen molar-refractivity contribution in [1.29, 1.82) is 0 Å². The van der Waals surface area contributed by atoms with Crippen LogP contribution in [0.25, 0.3) is 0 Å². The van der Waals surface area contributed by atoms with E-state index in [1.165, 1.54) is 5.69 Å². The second-order valence-electron chi connectivity index (χ2n) is 4.24. The third-order valence-electron chi connectivity index (χ3n) is 2.86. The maximum absolute atomic E-state index is 6.24. The van der Waals surface area contributed by atoms with E-state index in [-0.39, 0.29) is 0 Å². The first kappa shape index (κ1) is 11.2. The Morgan fingerprint density at radius 3 is 2.00 bits per heavy atom. The lowest BCUT2D eigenvalue weighted by molar-refractivity contribution is 0.555. The molecule has 0 aliphatic heterocycles. The van der Waals surface area contributed by atoms with Crippen molar-refractivity contribution in [1.82, 2.24) is 4.48 Å². The maximum atomic E-state index is 6.24. The topological polar surface area (TPSA) is 0 Å². The van der Waals surface area contributed by atoms with Crippen LogP contribution in [0.15, 0.2) is 54.6 Å². The number of benzene rings is 2. The van der Waals surface area contributed by atoms with Gasteiger partial charge in [-0.3, -0.25) is 4.48 Å². The molecule has 0 spiro atoms. The van der Waals surface area contributed by atoms with Gasteiger partial charge in [-0.1, -0.05) is 41.9 Å². The highest BCUT2D eigenvalue weighted by atomic mass is 35.5. The van der Waals surface area contributed by atoms with Gasteiger partial charge in [0.2, 0.25) is 0 Å². The van der Waals surface area contributed by atoms with Crippen molar-refractivity contribution in [3.8, 4) is 0 Å². The molecule has 2 heteroatoms. The molecule has 0 atom stereocenters. The van der Waals surface area contributed by atoms with Gasteiger partial charge in [-0.2, -0.15) is 0 Å². The van der Waals surface area contributed by atoms with E-state index in [0.29, 0.717) is 4.48 Å². The fourth-order valence-electron chi connectivity index (χ4n) is 1.84. The van der Waals surface area contributed by atoms with Crippen LogP contribution < -0.4 is 4.48 Å². The summed E-state index contributed by atoms with van der Waals surface area (Å²) in [5.74, 6) is 0. The van der Waals surface area contributed by atoms with Crippen LogP contribution in [-0.2, 0) is 0 Å². The van der Waals surface area contributed by atoms with E-state index >= 15 is 0 Å². The second-order valence-corrected chi connectivity index (χ2v) is 4.65. The van der Waals surface area contributed by atoms with E-state index in [4.69, 9.17) is 11.6 Å². The average molecular weight is 233 g/mol. The zero-order valence-corrected chi connectivity index (χ0v) is 10.3. The Balaban J connectivity index is 2.51. The number of hydrogen-bond acceptors (Lipinski definition) is 0. The quantitative estimate of drug-likeness (QED) is 0.680. The fraction of sp³-hybridized carbons (Fsp3) is 0.143. The second kappa shape index (κ2) is 4.28. The van der Waals surface area contributed by atoms with Gasteiger partial charge >= 0.3 is 0 Å². The van der Waals surface area contributed by atoms with Crippen LogP contribution in [0.4, 0.5) is 11.4 Å². The SMILES string of the molecule is C[N+](C)(c1ccccc1)c1ccccc1Cl. The van der Waals surface area contributed by atoms with Crippen molar-refractivity contribution >= 4 is 23.0 Å². The third kappa shape index (κ3) is 1.97. The third-order valence-corrected chi connectivity index (χ3v) is 3.18. The summed E-state index contributed by atoms with van der Waals surface area (Å²) in [6.45, 7) is 0. The Kier molecular flexibility index (Phi) is 2.99. The lowest BCUT2D eigenvalue weighted by Crippen LogP contribution is -2.34. The maximum Gasteiger partial charge on any atom is 0.156 e. The van der Waals surface area contributed by atoms with Gasteiger partial charge in [-0.15, -0.1) is 0 Å². The molecule has 0 aliphatic carbocycles. The van der Waals surface area contributed by atoms with Gasteiger partial charge < -0.3 is 0 Å².